The van der Waals surface area contributed by atoms with E-state index in [0.717, 1.165) is 5.56 Å². The predicted octanol–water partition coefficient (Wildman–Crippen LogP) is 2.61. The Bertz CT molecular complexity index is 309. The van der Waals surface area contributed by atoms with Gasteiger partial charge in [-0.25, -0.2) is 0 Å². The van der Waals surface area contributed by atoms with Crippen molar-refractivity contribution in [1.82, 2.24) is 0 Å². The fraction of sp³-hybridized carbons (Fsp3) is 0.462. The molecule has 0 fully saturated rings. The van der Waals surface area contributed by atoms with E-state index in [1.165, 1.54) is 0 Å². The van der Waals surface area contributed by atoms with E-state index in [9.17, 15) is 4.79 Å². The zero-order chi connectivity index (χ0) is 11.3. The second-order valence-corrected chi connectivity index (χ2v) is 4.60. The van der Waals surface area contributed by atoms with Gasteiger partial charge in [0, 0.05) is 6.42 Å². The van der Waals surface area contributed by atoms with Crippen LogP contribution in [0.25, 0.3) is 0 Å². The first-order valence-corrected chi connectivity index (χ1v) is 5.17. The van der Waals surface area contributed by atoms with Crippen LogP contribution in [0.4, 0.5) is 0 Å². The number of rotatable bonds is 4. The fourth-order valence-electron chi connectivity index (χ4n) is 1.17. The number of carbonyl (C=O) groups excluding carboxylic acids is 1. The Morgan fingerprint density at radius 2 is 1.80 bits per heavy atom. The minimum Gasteiger partial charge on any atom is -0.368 e. The average molecular weight is 206 g/mol. The number of hydrogen-bond acceptors (Lipinski definition) is 2. The summed E-state index contributed by atoms with van der Waals surface area (Å²) in [6, 6.07) is 9.73. The second-order valence-electron chi connectivity index (χ2n) is 4.60. The van der Waals surface area contributed by atoms with Gasteiger partial charge in [-0.3, -0.25) is 4.79 Å². The first-order valence-electron chi connectivity index (χ1n) is 5.17. The van der Waals surface area contributed by atoms with Crippen LogP contribution < -0.4 is 0 Å². The minimum absolute atomic E-state index is 0.121. The highest BCUT2D eigenvalue weighted by atomic mass is 16.5. The van der Waals surface area contributed by atoms with Gasteiger partial charge in [-0.1, -0.05) is 30.3 Å². The number of ketones is 1. The molecular formula is C13H18O2. The molecule has 15 heavy (non-hydrogen) atoms. The fourth-order valence-corrected chi connectivity index (χ4v) is 1.17. The van der Waals surface area contributed by atoms with Crippen molar-refractivity contribution in [3.8, 4) is 0 Å². The summed E-state index contributed by atoms with van der Waals surface area (Å²) in [6.07, 6.45) is 0.455. The lowest BCUT2D eigenvalue weighted by Gasteiger charge is -2.18. The van der Waals surface area contributed by atoms with E-state index in [1.807, 2.05) is 51.1 Å². The normalized spacial score (nSPS) is 11.4. The van der Waals surface area contributed by atoms with Crippen LogP contribution in [0.15, 0.2) is 30.3 Å². The van der Waals surface area contributed by atoms with Gasteiger partial charge in [0.2, 0.25) is 0 Å². The Kier molecular flexibility index (Phi) is 4.04. The van der Waals surface area contributed by atoms with Crippen LogP contribution in [0.2, 0.25) is 0 Å². The lowest BCUT2D eigenvalue weighted by molar-refractivity contribution is -0.127. The standard InChI is InChI=1S/C13H18O2/c1-13(2,3)15-10-12(14)9-11-7-5-4-6-8-11/h4-8H,9-10H2,1-3H3. The quantitative estimate of drug-likeness (QED) is 0.757. The summed E-state index contributed by atoms with van der Waals surface area (Å²) < 4.78 is 5.41. The summed E-state index contributed by atoms with van der Waals surface area (Å²) in [5.41, 5.74) is 0.798. The maximum Gasteiger partial charge on any atom is 0.162 e. The molecule has 1 rings (SSSR count). The van der Waals surface area contributed by atoms with E-state index < -0.39 is 0 Å². The van der Waals surface area contributed by atoms with Crippen molar-refractivity contribution in [2.45, 2.75) is 32.8 Å². The SMILES string of the molecule is CC(C)(C)OCC(=O)Cc1ccccc1. The Morgan fingerprint density at radius 3 is 2.33 bits per heavy atom. The highest BCUT2D eigenvalue weighted by Gasteiger charge is 2.12. The number of ether oxygens (including phenoxy) is 1. The molecule has 0 aliphatic carbocycles. The third-order valence-electron chi connectivity index (χ3n) is 1.91. The van der Waals surface area contributed by atoms with E-state index in [2.05, 4.69) is 0 Å². The summed E-state index contributed by atoms with van der Waals surface area (Å²) in [4.78, 5) is 11.5. The zero-order valence-electron chi connectivity index (χ0n) is 9.62. The molecule has 0 spiro atoms. The lowest BCUT2D eigenvalue weighted by Crippen LogP contribution is -2.24. The van der Waals surface area contributed by atoms with Crippen molar-refractivity contribution in [3.05, 3.63) is 35.9 Å². The average Bonchev–Trinajstić information content (AvgIpc) is 2.15. The van der Waals surface area contributed by atoms with Gasteiger partial charge >= 0.3 is 0 Å². The number of benzene rings is 1. The van der Waals surface area contributed by atoms with Crippen LogP contribution in [0, 0.1) is 0 Å². The van der Waals surface area contributed by atoms with Crippen LogP contribution in [0.3, 0.4) is 0 Å². The summed E-state index contributed by atoms with van der Waals surface area (Å²) in [6.45, 7) is 6.03. The van der Waals surface area contributed by atoms with E-state index in [1.54, 1.807) is 0 Å². The largest absolute Gasteiger partial charge is 0.368 e. The lowest BCUT2D eigenvalue weighted by atomic mass is 10.1. The molecule has 0 saturated carbocycles. The maximum absolute atomic E-state index is 11.5. The van der Waals surface area contributed by atoms with Crippen molar-refractivity contribution in [1.29, 1.82) is 0 Å². The van der Waals surface area contributed by atoms with Gasteiger partial charge in [-0.05, 0) is 26.3 Å². The minimum atomic E-state index is -0.244. The van der Waals surface area contributed by atoms with Crippen molar-refractivity contribution < 1.29 is 9.53 Å². The topological polar surface area (TPSA) is 26.3 Å². The summed E-state index contributed by atoms with van der Waals surface area (Å²) in [5, 5.41) is 0. The third-order valence-corrected chi connectivity index (χ3v) is 1.91. The van der Waals surface area contributed by atoms with Crippen molar-refractivity contribution >= 4 is 5.78 Å². The van der Waals surface area contributed by atoms with Gasteiger partial charge < -0.3 is 4.74 Å². The predicted molar refractivity (Wildman–Crippen MR) is 60.9 cm³/mol. The van der Waals surface area contributed by atoms with Crippen LogP contribution in [-0.4, -0.2) is 18.0 Å². The van der Waals surface area contributed by atoms with E-state index in [-0.39, 0.29) is 18.0 Å². The van der Waals surface area contributed by atoms with Crippen LogP contribution in [-0.2, 0) is 16.0 Å². The molecule has 82 valence electrons. The first kappa shape index (κ1) is 11.9. The van der Waals surface area contributed by atoms with Gasteiger partial charge in [0.05, 0.1) is 5.60 Å². The Hall–Kier alpha value is -1.15. The van der Waals surface area contributed by atoms with Gasteiger partial charge in [-0.2, -0.15) is 0 Å². The molecule has 1 aromatic carbocycles. The molecule has 0 amide bonds. The van der Waals surface area contributed by atoms with Crippen LogP contribution in [0.1, 0.15) is 26.3 Å². The number of Topliss-reactive ketones (excluding diaryl/α,β-unsaturated/α-hetero) is 1. The van der Waals surface area contributed by atoms with Crippen molar-refractivity contribution in [2.75, 3.05) is 6.61 Å². The molecule has 0 radical (unpaired) electrons. The highest BCUT2D eigenvalue weighted by Crippen LogP contribution is 2.07. The Balaban J connectivity index is 2.38. The van der Waals surface area contributed by atoms with E-state index in [4.69, 9.17) is 4.74 Å². The summed E-state index contributed by atoms with van der Waals surface area (Å²) in [7, 11) is 0. The Labute approximate surface area is 91.3 Å². The van der Waals surface area contributed by atoms with Crippen molar-refractivity contribution in [3.63, 3.8) is 0 Å². The summed E-state index contributed by atoms with van der Waals surface area (Å²) >= 11 is 0. The molecule has 2 nitrogen and oxygen atoms in total. The molecule has 0 unspecified atom stereocenters. The molecule has 0 aromatic heterocycles. The highest BCUT2D eigenvalue weighted by molar-refractivity contribution is 5.82. The molecule has 0 saturated heterocycles. The van der Waals surface area contributed by atoms with Crippen molar-refractivity contribution in [2.24, 2.45) is 0 Å². The van der Waals surface area contributed by atoms with Gasteiger partial charge in [-0.15, -0.1) is 0 Å². The molecule has 0 atom stereocenters. The smallest absolute Gasteiger partial charge is 0.162 e. The monoisotopic (exact) mass is 206 g/mol. The first-order chi connectivity index (χ1) is 6.97. The molecular weight excluding hydrogens is 188 g/mol. The molecule has 2 heteroatoms. The molecule has 0 bridgehead atoms. The van der Waals surface area contributed by atoms with Crippen LogP contribution >= 0.6 is 0 Å². The van der Waals surface area contributed by atoms with Gasteiger partial charge in [0.1, 0.15) is 6.61 Å². The van der Waals surface area contributed by atoms with E-state index >= 15 is 0 Å². The molecule has 0 aliphatic rings. The molecule has 0 N–H and O–H groups in total. The molecule has 0 aliphatic heterocycles. The van der Waals surface area contributed by atoms with Gasteiger partial charge in [0.15, 0.2) is 5.78 Å². The molecule has 1 aromatic rings. The number of carbonyl (C=O) groups is 1. The number of hydrogen-bond donors (Lipinski definition) is 0. The van der Waals surface area contributed by atoms with Crippen LogP contribution in [0.5, 0.6) is 0 Å². The third kappa shape index (κ3) is 5.33. The summed E-state index contributed by atoms with van der Waals surface area (Å²) in [5.74, 6) is 0.121. The van der Waals surface area contributed by atoms with Gasteiger partial charge in [0.25, 0.3) is 0 Å². The Morgan fingerprint density at radius 1 is 1.20 bits per heavy atom. The maximum atomic E-state index is 11.5. The second kappa shape index (κ2) is 5.08. The molecule has 0 heterocycles. The van der Waals surface area contributed by atoms with E-state index in [0.29, 0.717) is 6.42 Å². The zero-order valence-corrected chi connectivity index (χ0v) is 9.62.